The van der Waals surface area contributed by atoms with Crippen LogP contribution < -0.4 is 14.8 Å². The van der Waals surface area contributed by atoms with E-state index in [1.807, 2.05) is 12.1 Å². The number of carbonyl (C=O) groups excluding carboxylic acids is 2. The molecular formula is C20H25N3O5. The summed E-state index contributed by atoms with van der Waals surface area (Å²) < 4.78 is 15.5. The van der Waals surface area contributed by atoms with Crippen LogP contribution in [0, 0.1) is 12.8 Å². The smallest absolute Gasteiger partial charge is 0.228 e. The SMILES string of the molecule is COc1ccc(CC(=O)N2CCC(C(=O)Nc3cc(C)on3)CC2)cc1OC. The van der Waals surface area contributed by atoms with Crippen molar-refractivity contribution in [2.24, 2.45) is 5.92 Å². The molecule has 1 aromatic heterocycles. The number of benzene rings is 1. The van der Waals surface area contributed by atoms with Gasteiger partial charge in [0.2, 0.25) is 11.8 Å². The van der Waals surface area contributed by atoms with E-state index in [4.69, 9.17) is 14.0 Å². The van der Waals surface area contributed by atoms with Gasteiger partial charge in [0, 0.05) is 25.1 Å². The first-order valence-electron chi connectivity index (χ1n) is 9.23. The van der Waals surface area contributed by atoms with Gasteiger partial charge in [-0.1, -0.05) is 11.2 Å². The third-order valence-corrected chi connectivity index (χ3v) is 4.90. The van der Waals surface area contributed by atoms with E-state index in [9.17, 15) is 9.59 Å². The normalized spacial score (nSPS) is 14.6. The number of nitrogens with one attached hydrogen (secondary N) is 1. The van der Waals surface area contributed by atoms with Crippen molar-refractivity contribution in [2.75, 3.05) is 32.6 Å². The van der Waals surface area contributed by atoms with Gasteiger partial charge in [-0.05, 0) is 37.5 Å². The Labute approximate surface area is 163 Å². The van der Waals surface area contributed by atoms with Crippen LogP contribution in [0.2, 0.25) is 0 Å². The van der Waals surface area contributed by atoms with Crippen LogP contribution in [0.25, 0.3) is 0 Å². The summed E-state index contributed by atoms with van der Waals surface area (Å²) in [6.07, 6.45) is 1.54. The fourth-order valence-corrected chi connectivity index (χ4v) is 3.32. The largest absolute Gasteiger partial charge is 0.493 e. The van der Waals surface area contributed by atoms with Gasteiger partial charge in [0.05, 0.1) is 20.6 Å². The van der Waals surface area contributed by atoms with Crippen LogP contribution >= 0.6 is 0 Å². The molecule has 3 rings (SSSR count). The maximum atomic E-state index is 12.6. The third-order valence-electron chi connectivity index (χ3n) is 4.90. The number of piperidine rings is 1. The number of aromatic nitrogens is 1. The lowest BCUT2D eigenvalue weighted by Crippen LogP contribution is -2.42. The van der Waals surface area contributed by atoms with Gasteiger partial charge in [-0.2, -0.15) is 0 Å². The van der Waals surface area contributed by atoms with E-state index >= 15 is 0 Å². The van der Waals surface area contributed by atoms with Crippen molar-refractivity contribution in [3.05, 3.63) is 35.6 Å². The van der Waals surface area contributed by atoms with Crippen LogP contribution in [0.5, 0.6) is 11.5 Å². The van der Waals surface area contributed by atoms with E-state index in [1.165, 1.54) is 0 Å². The van der Waals surface area contributed by atoms with Gasteiger partial charge in [0.1, 0.15) is 5.76 Å². The second-order valence-electron chi connectivity index (χ2n) is 6.83. The van der Waals surface area contributed by atoms with Crippen LogP contribution in [-0.4, -0.2) is 49.2 Å². The second-order valence-corrected chi connectivity index (χ2v) is 6.83. The van der Waals surface area contributed by atoms with Gasteiger partial charge in [0.15, 0.2) is 17.3 Å². The summed E-state index contributed by atoms with van der Waals surface area (Å²) >= 11 is 0. The van der Waals surface area contributed by atoms with Crippen molar-refractivity contribution in [1.29, 1.82) is 0 Å². The molecule has 150 valence electrons. The first-order valence-corrected chi connectivity index (χ1v) is 9.23. The number of hydrogen-bond donors (Lipinski definition) is 1. The number of anilines is 1. The Hall–Kier alpha value is -3.03. The highest BCUT2D eigenvalue weighted by Gasteiger charge is 2.28. The third kappa shape index (κ3) is 4.62. The van der Waals surface area contributed by atoms with Crippen molar-refractivity contribution in [3.63, 3.8) is 0 Å². The molecule has 2 amide bonds. The molecule has 2 aromatic rings. The number of ether oxygens (including phenoxy) is 2. The predicted octanol–water partition coefficient (Wildman–Crippen LogP) is 2.42. The average Bonchev–Trinajstić information content (AvgIpc) is 3.12. The molecule has 8 heteroatoms. The summed E-state index contributed by atoms with van der Waals surface area (Å²) in [5.41, 5.74) is 0.865. The molecule has 28 heavy (non-hydrogen) atoms. The Morgan fingerprint density at radius 2 is 1.89 bits per heavy atom. The van der Waals surface area contributed by atoms with Crippen LogP contribution in [0.1, 0.15) is 24.2 Å². The number of carbonyl (C=O) groups is 2. The zero-order chi connectivity index (χ0) is 20.1. The summed E-state index contributed by atoms with van der Waals surface area (Å²) in [5.74, 6) is 2.13. The Kier molecular flexibility index (Phi) is 6.18. The first kappa shape index (κ1) is 19.7. The average molecular weight is 387 g/mol. The molecule has 0 aliphatic carbocycles. The lowest BCUT2D eigenvalue weighted by Gasteiger charge is -2.31. The molecule has 0 atom stereocenters. The minimum absolute atomic E-state index is 0.0400. The summed E-state index contributed by atoms with van der Waals surface area (Å²) in [6.45, 7) is 2.88. The minimum Gasteiger partial charge on any atom is -0.493 e. The molecule has 1 aromatic carbocycles. The Bertz CT molecular complexity index is 840. The topological polar surface area (TPSA) is 93.9 Å². The van der Waals surface area contributed by atoms with E-state index in [1.54, 1.807) is 38.2 Å². The second kappa shape index (κ2) is 8.77. The van der Waals surface area contributed by atoms with Crippen molar-refractivity contribution in [2.45, 2.75) is 26.2 Å². The molecule has 1 fully saturated rings. The molecule has 8 nitrogen and oxygen atoms in total. The van der Waals surface area contributed by atoms with E-state index in [0.29, 0.717) is 49.0 Å². The number of methoxy groups -OCH3 is 2. The van der Waals surface area contributed by atoms with E-state index in [2.05, 4.69) is 10.5 Å². The molecule has 0 spiro atoms. The lowest BCUT2D eigenvalue weighted by molar-refractivity contribution is -0.133. The van der Waals surface area contributed by atoms with E-state index in [0.717, 1.165) is 5.56 Å². The minimum atomic E-state index is -0.137. The monoisotopic (exact) mass is 387 g/mol. The highest BCUT2D eigenvalue weighted by atomic mass is 16.5. The van der Waals surface area contributed by atoms with E-state index < -0.39 is 0 Å². The summed E-state index contributed by atoms with van der Waals surface area (Å²) in [4.78, 5) is 26.8. The maximum absolute atomic E-state index is 12.6. The van der Waals surface area contributed by atoms with E-state index in [-0.39, 0.29) is 24.2 Å². The maximum Gasteiger partial charge on any atom is 0.228 e. The molecule has 1 aliphatic rings. The summed E-state index contributed by atoms with van der Waals surface area (Å²) in [6, 6.07) is 7.15. The predicted molar refractivity (Wildman–Crippen MR) is 102 cm³/mol. The molecule has 1 saturated heterocycles. The lowest BCUT2D eigenvalue weighted by atomic mass is 9.95. The molecule has 2 heterocycles. The fraction of sp³-hybridized carbons (Fsp3) is 0.450. The first-order chi connectivity index (χ1) is 13.5. The van der Waals surface area contributed by atoms with Crippen molar-refractivity contribution in [3.8, 4) is 11.5 Å². The summed E-state index contributed by atoms with van der Waals surface area (Å²) in [5, 5.41) is 6.54. The molecule has 0 saturated carbocycles. The number of nitrogens with zero attached hydrogens (tertiary/aromatic N) is 2. The highest BCUT2D eigenvalue weighted by Crippen LogP contribution is 2.28. The van der Waals surface area contributed by atoms with Gasteiger partial charge >= 0.3 is 0 Å². The van der Waals surface area contributed by atoms with Crippen LogP contribution in [0.4, 0.5) is 5.82 Å². The van der Waals surface area contributed by atoms with Gasteiger partial charge in [-0.15, -0.1) is 0 Å². The molecule has 1 aliphatic heterocycles. The zero-order valence-electron chi connectivity index (χ0n) is 16.4. The molecular weight excluding hydrogens is 362 g/mol. The fourth-order valence-electron chi connectivity index (χ4n) is 3.32. The number of likely N-dealkylation sites (tertiary alicyclic amines) is 1. The molecule has 0 radical (unpaired) electrons. The zero-order valence-corrected chi connectivity index (χ0v) is 16.4. The van der Waals surface area contributed by atoms with Gasteiger partial charge in [0.25, 0.3) is 0 Å². The Balaban J connectivity index is 1.51. The standard InChI is InChI=1S/C20H25N3O5/c1-13-10-18(22-28-13)21-20(25)15-6-8-23(9-7-15)19(24)12-14-4-5-16(26-2)17(11-14)27-3/h4-5,10-11,15H,6-9,12H2,1-3H3,(H,21,22,25). The number of rotatable bonds is 6. The van der Waals surface area contributed by atoms with Crippen LogP contribution in [0.15, 0.2) is 28.8 Å². The number of amides is 2. The van der Waals surface area contributed by atoms with Crippen molar-refractivity contribution >= 4 is 17.6 Å². The Morgan fingerprint density at radius 1 is 1.18 bits per heavy atom. The van der Waals surface area contributed by atoms with Gasteiger partial charge in [-0.3, -0.25) is 9.59 Å². The molecule has 1 N–H and O–H groups in total. The Morgan fingerprint density at radius 3 is 2.50 bits per heavy atom. The van der Waals surface area contributed by atoms with Crippen LogP contribution in [0.3, 0.4) is 0 Å². The molecule has 0 bridgehead atoms. The quantitative estimate of drug-likeness (QED) is 0.818. The highest BCUT2D eigenvalue weighted by molar-refractivity contribution is 5.91. The van der Waals surface area contributed by atoms with Gasteiger partial charge in [-0.25, -0.2) is 0 Å². The molecule has 0 unspecified atom stereocenters. The van der Waals surface area contributed by atoms with Gasteiger partial charge < -0.3 is 24.2 Å². The summed E-state index contributed by atoms with van der Waals surface area (Å²) in [7, 11) is 3.15. The number of aryl methyl sites for hydroxylation is 1. The van der Waals surface area contributed by atoms with Crippen LogP contribution in [-0.2, 0) is 16.0 Å². The van der Waals surface area contributed by atoms with Crippen molar-refractivity contribution in [1.82, 2.24) is 10.1 Å². The van der Waals surface area contributed by atoms with Crippen molar-refractivity contribution < 1.29 is 23.6 Å². The number of hydrogen-bond acceptors (Lipinski definition) is 6.